The molecule has 8 nitrogen and oxygen atoms in total. The lowest BCUT2D eigenvalue weighted by atomic mass is 10.1. The van der Waals surface area contributed by atoms with Crippen LogP contribution in [0.4, 0.5) is 0 Å². The third kappa shape index (κ3) is 4.25. The minimum Gasteiger partial charge on any atom is -0.348 e. The maximum Gasteiger partial charge on any atom is 0.271 e. The van der Waals surface area contributed by atoms with Gasteiger partial charge in [-0.05, 0) is 33.3 Å². The van der Waals surface area contributed by atoms with Gasteiger partial charge in [0, 0.05) is 0 Å². The van der Waals surface area contributed by atoms with Crippen LogP contribution in [0.3, 0.4) is 0 Å². The molecule has 0 spiro atoms. The van der Waals surface area contributed by atoms with E-state index in [1.54, 1.807) is 52.0 Å². The highest BCUT2D eigenvalue weighted by Gasteiger charge is 2.60. The van der Waals surface area contributed by atoms with Gasteiger partial charge in [0.1, 0.15) is 30.2 Å². The van der Waals surface area contributed by atoms with Gasteiger partial charge in [0.15, 0.2) is 17.9 Å². The summed E-state index contributed by atoms with van der Waals surface area (Å²) in [5.74, 6) is -1.91. The number of rotatable bonds is 5. The maximum absolute atomic E-state index is 12.7. The molecular weight excluding hydrogens is 388 g/mol. The molecule has 0 saturated carbocycles. The van der Waals surface area contributed by atoms with Gasteiger partial charge in [0.25, 0.3) is 10.1 Å². The Morgan fingerprint density at radius 2 is 1.71 bits per heavy atom. The maximum atomic E-state index is 12.7. The van der Waals surface area contributed by atoms with Crippen molar-refractivity contribution in [3.8, 4) is 0 Å². The van der Waals surface area contributed by atoms with Crippen molar-refractivity contribution in [3.05, 3.63) is 35.9 Å². The molecule has 0 aliphatic carbocycles. The third-order valence-corrected chi connectivity index (χ3v) is 6.07. The Hall–Kier alpha value is -1.07. The highest BCUT2D eigenvalue weighted by molar-refractivity contribution is 7.85. The molecule has 9 heteroatoms. The molecule has 0 amide bonds. The summed E-state index contributed by atoms with van der Waals surface area (Å²) in [5.41, 5.74) is 0.639. The molecule has 0 aromatic heterocycles. The van der Waals surface area contributed by atoms with Crippen molar-refractivity contribution in [1.29, 1.82) is 0 Å². The fraction of sp³-hybridized carbons (Fsp3) is 0.684. The number of fused-ring (bicyclic) bond motifs is 1. The summed E-state index contributed by atoms with van der Waals surface area (Å²) in [4.78, 5) is 0. The van der Waals surface area contributed by atoms with Gasteiger partial charge >= 0.3 is 0 Å². The summed E-state index contributed by atoms with van der Waals surface area (Å²) in [6, 6.07) is 8.87. The van der Waals surface area contributed by atoms with Gasteiger partial charge in [-0.15, -0.1) is 0 Å². The minimum atomic E-state index is -3.90. The Balaban J connectivity index is 1.55. The van der Waals surface area contributed by atoms with Crippen molar-refractivity contribution in [2.75, 3.05) is 6.61 Å². The zero-order chi connectivity index (χ0) is 20.2. The van der Waals surface area contributed by atoms with E-state index >= 15 is 0 Å². The van der Waals surface area contributed by atoms with Crippen LogP contribution in [0.25, 0.3) is 0 Å². The quantitative estimate of drug-likeness (QED) is 0.676. The highest BCUT2D eigenvalue weighted by atomic mass is 32.2. The molecule has 4 rings (SSSR count). The van der Waals surface area contributed by atoms with Gasteiger partial charge in [-0.3, -0.25) is 4.18 Å². The van der Waals surface area contributed by atoms with E-state index in [1.807, 2.05) is 6.07 Å². The van der Waals surface area contributed by atoms with E-state index < -0.39 is 52.4 Å². The van der Waals surface area contributed by atoms with Gasteiger partial charge in [-0.1, -0.05) is 30.3 Å². The van der Waals surface area contributed by atoms with E-state index in [4.69, 9.17) is 27.9 Å². The topological polar surface area (TPSA) is 89.5 Å². The van der Waals surface area contributed by atoms with Crippen LogP contribution >= 0.6 is 0 Å². The summed E-state index contributed by atoms with van der Waals surface area (Å²) in [5, 5.41) is 0. The Morgan fingerprint density at radius 1 is 1.00 bits per heavy atom. The van der Waals surface area contributed by atoms with Crippen LogP contribution in [0.15, 0.2) is 30.3 Å². The van der Waals surface area contributed by atoms with Crippen LogP contribution in [-0.4, -0.2) is 57.3 Å². The van der Waals surface area contributed by atoms with Crippen molar-refractivity contribution in [2.45, 2.75) is 75.7 Å². The largest absolute Gasteiger partial charge is 0.348 e. The summed E-state index contributed by atoms with van der Waals surface area (Å²) in [6.07, 6.45) is -3.50. The SMILES string of the molecule is CC1(C)O[C@H]2O[C@H]([C@H]3COC(C)(C)O3)[C@@H](OS(=O)(=O)Cc3ccccc3)[C@H]2O1. The Kier molecular flexibility index (Phi) is 5.06. The molecule has 1 aromatic carbocycles. The van der Waals surface area contributed by atoms with Crippen LogP contribution in [0, 0.1) is 0 Å². The Labute approximate surface area is 165 Å². The predicted octanol–water partition coefficient (Wildman–Crippen LogP) is 1.93. The van der Waals surface area contributed by atoms with Crippen LogP contribution < -0.4 is 0 Å². The molecule has 3 fully saturated rings. The number of hydrogen-bond donors (Lipinski definition) is 0. The Morgan fingerprint density at radius 3 is 2.36 bits per heavy atom. The Bertz CT molecular complexity index is 806. The monoisotopic (exact) mass is 414 g/mol. The molecule has 156 valence electrons. The normalized spacial score (nSPS) is 36.5. The molecule has 0 radical (unpaired) electrons. The molecule has 0 bridgehead atoms. The molecule has 28 heavy (non-hydrogen) atoms. The number of benzene rings is 1. The zero-order valence-electron chi connectivity index (χ0n) is 16.4. The van der Waals surface area contributed by atoms with Gasteiger partial charge in [-0.25, -0.2) is 0 Å². The minimum absolute atomic E-state index is 0.244. The average molecular weight is 414 g/mol. The van der Waals surface area contributed by atoms with E-state index in [1.165, 1.54) is 0 Å². The van der Waals surface area contributed by atoms with Crippen LogP contribution in [0.2, 0.25) is 0 Å². The molecule has 0 unspecified atom stereocenters. The molecular formula is C19H26O8S. The van der Waals surface area contributed by atoms with E-state index in [-0.39, 0.29) is 12.4 Å². The van der Waals surface area contributed by atoms with Gasteiger partial charge in [-0.2, -0.15) is 8.42 Å². The number of hydrogen-bond acceptors (Lipinski definition) is 8. The molecule has 0 N–H and O–H groups in total. The van der Waals surface area contributed by atoms with E-state index in [2.05, 4.69) is 0 Å². The second-order valence-corrected chi connectivity index (χ2v) is 9.78. The van der Waals surface area contributed by atoms with E-state index in [0.29, 0.717) is 5.56 Å². The fourth-order valence-corrected chi connectivity index (χ4v) is 5.00. The first kappa shape index (κ1) is 20.2. The lowest BCUT2D eigenvalue weighted by Crippen LogP contribution is -2.45. The van der Waals surface area contributed by atoms with E-state index in [0.717, 1.165) is 0 Å². The summed E-state index contributed by atoms with van der Waals surface area (Å²) >= 11 is 0. The van der Waals surface area contributed by atoms with Crippen LogP contribution in [-0.2, 0) is 43.7 Å². The highest BCUT2D eigenvalue weighted by Crippen LogP contribution is 2.42. The van der Waals surface area contributed by atoms with Crippen molar-refractivity contribution in [3.63, 3.8) is 0 Å². The van der Waals surface area contributed by atoms with Gasteiger partial charge in [0.2, 0.25) is 0 Å². The fourth-order valence-electron chi connectivity index (χ4n) is 3.77. The molecule has 3 heterocycles. The predicted molar refractivity (Wildman–Crippen MR) is 97.5 cm³/mol. The first-order valence-corrected chi connectivity index (χ1v) is 10.9. The molecule has 5 atom stereocenters. The van der Waals surface area contributed by atoms with Crippen molar-refractivity contribution in [1.82, 2.24) is 0 Å². The standard InChI is InChI=1S/C19H26O8S/c1-18(2)22-10-13(24-18)14-15(16-17(23-14)26-19(3,4)25-16)27-28(20,21)11-12-8-6-5-7-9-12/h5-9,13-17H,10-11H2,1-4H3/t13-,14-,15-,16-,17-/m1/s1. The van der Waals surface area contributed by atoms with Crippen molar-refractivity contribution >= 4 is 10.1 Å². The molecule has 3 aliphatic heterocycles. The summed E-state index contributed by atoms with van der Waals surface area (Å²) in [6.45, 7) is 7.34. The second-order valence-electron chi connectivity index (χ2n) is 8.18. The zero-order valence-corrected chi connectivity index (χ0v) is 17.2. The molecule has 3 saturated heterocycles. The average Bonchev–Trinajstić information content (AvgIpc) is 3.18. The van der Waals surface area contributed by atoms with Crippen molar-refractivity contribution < 1.29 is 36.3 Å². The molecule has 3 aliphatic rings. The first-order valence-electron chi connectivity index (χ1n) is 9.31. The lowest BCUT2D eigenvalue weighted by molar-refractivity contribution is -0.230. The van der Waals surface area contributed by atoms with Gasteiger partial charge < -0.3 is 23.7 Å². The smallest absolute Gasteiger partial charge is 0.271 e. The van der Waals surface area contributed by atoms with Crippen LogP contribution in [0.5, 0.6) is 0 Å². The molecule has 1 aromatic rings. The van der Waals surface area contributed by atoms with Crippen LogP contribution in [0.1, 0.15) is 33.3 Å². The number of ether oxygens (including phenoxy) is 5. The second kappa shape index (κ2) is 7.02. The lowest BCUT2D eigenvalue weighted by Gasteiger charge is -2.28. The van der Waals surface area contributed by atoms with E-state index in [9.17, 15) is 8.42 Å². The first-order chi connectivity index (χ1) is 13.0. The summed E-state index contributed by atoms with van der Waals surface area (Å²) in [7, 11) is -3.90. The van der Waals surface area contributed by atoms with Crippen molar-refractivity contribution in [2.24, 2.45) is 0 Å². The summed E-state index contributed by atoms with van der Waals surface area (Å²) < 4.78 is 60.2. The van der Waals surface area contributed by atoms with Gasteiger partial charge in [0.05, 0.1) is 6.61 Å². The third-order valence-electron chi connectivity index (χ3n) is 4.87.